The van der Waals surface area contributed by atoms with Crippen molar-refractivity contribution in [1.29, 1.82) is 5.26 Å². The van der Waals surface area contributed by atoms with Crippen molar-refractivity contribution < 1.29 is 23.8 Å². The molecule has 0 radical (unpaired) electrons. The molecule has 1 aromatic rings. The Kier molecular flexibility index (Phi) is 3.62. The fourth-order valence-corrected chi connectivity index (χ4v) is 1.08. The van der Waals surface area contributed by atoms with E-state index in [9.17, 15) is 14.0 Å². The number of carboxylic acids is 1. The molecule has 1 aromatic carbocycles. The molecule has 17 heavy (non-hydrogen) atoms. The van der Waals surface area contributed by atoms with Crippen LogP contribution in [-0.2, 0) is 9.59 Å². The molecule has 0 aliphatic carbocycles. The van der Waals surface area contributed by atoms with Gasteiger partial charge in [0.2, 0.25) is 0 Å². The fraction of sp³-hybridized carbons (Fsp3) is 0.100. The van der Waals surface area contributed by atoms with Crippen molar-refractivity contribution in [3.05, 3.63) is 23.5 Å². The zero-order valence-electron chi connectivity index (χ0n) is 8.65. The van der Waals surface area contributed by atoms with Gasteiger partial charge in [-0.1, -0.05) is 0 Å². The van der Waals surface area contributed by atoms with E-state index in [0.717, 1.165) is 6.07 Å². The summed E-state index contributed by atoms with van der Waals surface area (Å²) >= 11 is 0. The Morgan fingerprint density at radius 2 is 2.18 bits per heavy atom. The average Bonchev–Trinajstić information content (AvgIpc) is 2.30. The van der Waals surface area contributed by atoms with Gasteiger partial charge in [0.15, 0.2) is 5.82 Å². The number of rotatable bonds is 2. The quantitative estimate of drug-likeness (QED) is 0.740. The van der Waals surface area contributed by atoms with Crippen molar-refractivity contribution in [2.45, 2.75) is 0 Å². The van der Waals surface area contributed by atoms with Crippen molar-refractivity contribution >= 4 is 17.6 Å². The summed E-state index contributed by atoms with van der Waals surface area (Å²) in [7, 11) is 1.28. The van der Waals surface area contributed by atoms with Gasteiger partial charge in [-0.2, -0.15) is 5.26 Å². The number of anilines is 1. The zero-order chi connectivity index (χ0) is 13.0. The Morgan fingerprint density at radius 1 is 1.53 bits per heavy atom. The third-order valence-electron chi connectivity index (χ3n) is 1.85. The van der Waals surface area contributed by atoms with Crippen LogP contribution in [0.15, 0.2) is 12.1 Å². The van der Waals surface area contributed by atoms with Gasteiger partial charge in [-0.3, -0.25) is 4.79 Å². The maximum atomic E-state index is 13.5. The molecule has 0 unspecified atom stereocenters. The van der Waals surface area contributed by atoms with Gasteiger partial charge in [-0.25, -0.2) is 9.18 Å². The molecule has 0 fully saturated rings. The lowest BCUT2D eigenvalue weighted by molar-refractivity contribution is -0.147. The highest BCUT2D eigenvalue weighted by atomic mass is 19.1. The van der Waals surface area contributed by atoms with Crippen LogP contribution in [0, 0.1) is 17.1 Å². The Labute approximate surface area is 95.2 Å². The smallest absolute Gasteiger partial charge is 0.394 e. The predicted octanol–water partition coefficient (Wildman–Crippen LogP) is 0.729. The second kappa shape index (κ2) is 4.94. The fourth-order valence-electron chi connectivity index (χ4n) is 1.08. The molecule has 1 amide bonds. The highest BCUT2D eigenvalue weighted by Crippen LogP contribution is 2.25. The average molecular weight is 238 g/mol. The van der Waals surface area contributed by atoms with Crippen molar-refractivity contribution in [3.8, 4) is 11.8 Å². The summed E-state index contributed by atoms with van der Waals surface area (Å²) in [5, 5.41) is 18.9. The van der Waals surface area contributed by atoms with E-state index in [2.05, 4.69) is 0 Å². The van der Waals surface area contributed by atoms with Crippen molar-refractivity contribution in [3.63, 3.8) is 0 Å². The largest absolute Gasteiger partial charge is 0.497 e. The number of halogens is 1. The lowest BCUT2D eigenvalue weighted by Gasteiger charge is -2.08. The van der Waals surface area contributed by atoms with Gasteiger partial charge in [-0.15, -0.1) is 0 Å². The van der Waals surface area contributed by atoms with Crippen molar-refractivity contribution in [2.24, 2.45) is 0 Å². The van der Waals surface area contributed by atoms with Crippen LogP contribution in [0.3, 0.4) is 0 Å². The van der Waals surface area contributed by atoms with Crippen LogP contribution in [0.25, 0.3) is 0 Å². The summed E-state index contributed by atoms with van der Waals surface area (Å²) in [5.74, 6) is -4.06. The standard InChI is InChI=1S/C10H7FN2O4/c1-17-6-2-5(4-12)8(7(11)3-6)13-9(14)10(15)16/h2-3H,1H3,(H,13,14)(H,15,16). The van der Waals surface area contributed by atoms with Crippen molar-refractivity contribution in [2.75, 3.05) is 12.4 Å². The first-order valence-electron chi connectivity index (χ1n) is 4.31. The number of nitrogens with zero attached hydrogens (tertiary/aromatic N) is 1. The Morgan fingerprint density at radius 3 is 2.65 bits per heavy atom. The van der Waals surface area contributed by atoms with Gasteiger partial charge in [0.05, 0.1) is 18.4 Å². The van der Waals surface area contributed by atoms with Gasteiger partial charge in [0, 0.05) is 12.1 Å². The van der Waals surface area contributed by atoms with Crippen molar-refractivity contribution in [1.82, 2.24) is 0 Å². The number of hydrogen-bond donors (Lipinski definition) is 2. The second-order valence-corrected chi connectivity index (χ2v) is 2.90. The number of carboxylic acid groups (broad SMARTS) is 1. The van der Waals surface area contributed by atoms with Gasteiger partial charge < -0.3 is 15.2 Å². The highest BCUT2D eigenvalue weighted by molar-refractivity contribution is 6.36. The van der Waals surface area contributed by atoms with Crippen LogP contribution in [0.2, 0.25) is 0 Å². The number of carbonyl (C=O) groups is 2. The lowest BCUT2D eigenvalue weighted by atomic mass is 10.1. The molecule has 0 atom stereocenters. The maximum Gasteiger partial charge on any atom is 0.394 e. The SMILES string of the molecule is COc1cc(F)c(NC(=O)C(=O)O)c(C#N)c1. The molecule has 0 aliphatic rings. The molecule has 6 nitrogen and oxygen atoms in total. The molecule has 0 spiro atoms. The molecule has 2 N–H and O–H groups in total. The predicted molar refractivity (Wildman–Crippen MR) is 53.9 cm³/mol. The zero-order valence-corrected chi connectivity index (χ0v) is 8.65. The van der Waals surface area contributed by atoms with E-state index in [4.69, 9.17) is 15.1 Å². The number of aliphatic carboxylic acids is 1. The summed E-state index contributed by atoms with van der Waals surface area (Å²) in [6, 6.07) is 3.74. The van der Waals surface area contributed by atoms with Crippen LogP contribution in [0.4, 0.5) is 10.1 Å². The second-order valence-electron chi connectivity index (χ2n) is 2.90. The molecular formula is C10H7FN2O4. The number of ether oxygens (including phenoxy) is 1. The number of amides is 1. The molecule has 88 valence electrons. The van der Waals surface area contributed by atoms with E-state index < -0.39 is 23.4 Å². The molecular weight excluding hydrogens is 231 g/mol. The van der Waals surface area contributed by atoms with E-state index in [1.165, 1.54) is 13.2 Å². The van der Waals surface area contributed by atoms with Gasteiger partial charge in [0.25, 0.3) is 0 Å². The third-order valence-corrected chi connectivity index (χ3v) is 1.85. The summed E-state index contributed by atoms with van der Waals surface area (Å²) in [5.41, 5.74) is -0.711. The first kappa shape index (κ1) is 12.4. The van der Waals surface area contributed by atoms with Crippen LogP contribution in [0.1, 0.15) is 5.56 Å². The highest BCUT2D eigenvalue weighted by Gasteiger charge is 2.18. The van der Waals surface area contributed by atoms with E-state index in [-0.39, 0.29) is 11.3 Å². The monoisotopic (exact) mass is 238 g/mol. The molecule has 0 aromatic heterocycles. The molecule has 1 rings (SSSR count). The minimum atomic E-state index is -1.77. The Bertz CT molecular complexity index is 522. The number of hydrogen-bond acceptors (Lipinski definition) is 4. The van der Waals surface area contributed by atoms with Crippen LogP contribution in [0.5, 0.6) is 5.75 Å². The first-order chi connectivity index (χ1) is 7.99. The normalized spacial score (nSPS) is 9.24. The van der Waals surface area contributed by atoms with E-state index >= 15 is 0 Å². The summed E-state index contributed by atoms with van der Waals surface area (Å²) in [4.78, 5) is 21.2. The number of nitrogens with one attached hydrogen (secondary N) is 1. The number of benzene rings is 1. The molecule has 0 aliphatic heterocycles. The van der Waals surface area contributed by atoms with Gasteiger partial charge >= 0.3 is 11.9 Å². The minimum absolute atomic E-state index is 0.0902. The third kappa shape index (κ3) is 2.69. The molecule has 0 heterocycles. The van der Waals surface area contributed by atoms with Crippen LogP contribution < -0.4 is 10.1 Å². The van der Waals surface area contributed by atoms with E-state index in [1.807, 2.05) is 0 Å². The molecule has 0 saturated carbocycles. The molecule has 0 saturated heterocycles. The Balaban J connectivity index is 3.20. The summed E-state index contributed by atoms with van der Waals surface area (Å²) in [6.07, 6.45) is 0. The topological polar surface area (TPSA) is 99.4 Å². The van der Waals surface area contributed by atoms with E-state index in [1.54, 1.807) is 11.4 Å². The lowest BCUT2D eigenvalue weighted by Crippen LogP contribution is -2.23. The van der Waals surface area contributed by atoms with Gasteiger partial charge in [-0.05, 0) is 0 Å². The number of methoxy groups -OCH3 is 1. The molecule has 0 bridgehead atoms. The summed E-state index contributed by atoms with van der Waals surface area (Å²) < 4.78 is 18.2. The summed E-state index contributed by atoms with van der Waals surface area (Å²) in [6.45, 7) is 0. The maximum absolute atomic E-state index is 13.5. The van der Waals surface area contributed by atoms with E-state index in [0.29, 0.717) is 0 Å². The minimum Gasteiger partial charge on any atom is -0.497 e. The van der Waals surface area contributed by atoms with Gasteiger partial charge in [0.1, 0.15) is 11.8 Å². The number of nitriles is 1. The Hall–Kier alpha value is -2.62. The number of carbonyl (C=O) groups excluding carboxylic acids is 1. The molecule has 7 heteroatoms. The first-order valence-corrected chi connectivity index (χ1v) is 4.31. The van der Waals surface area contributed by atoms with Crippen LogP contribution in [-0.4, -0.2) is 24.1 Å². The van der Waals surface area contributed by atoms with Crippen LogP contribution >= 0.6 is 0 Å².